The average Bonchev–Trinajstić information content (AvgIpc) is 3.32. The molecule has 9 heteroatoms. The van der Waals surface area contributed by atoms with Crippen LogP contribution in [0.25, 0.3) is 5.69 Å². The van der Waals surface area contributed by atoms with Crippen molar-refractivity contribution in [3.63, 3.8) is 0 Å². The number of hydrogen-bond acceptors (Lipinski definition) is 5. The Bertz CT molecular complexity index is 1620. The largest absolute Gasteiger partial charge is 0.496 e. The summed E-state index contributed by atoms with van der Waals surface area (Å²) in [5.74, 6) is -0.181. The van der Waals surface area contributed by atoms with Gasteiger partial charge in [-0.15, -0.1) is 0 Å². The van der Waals surface area contributed by atoms with E-state index < -0.39 is 0 Å². The van der Waals surface area contributed by atoms with Gasteiger partial charge in [0.25, 0.3) is 17.4 Å². The minimum atomic E-state index is -0.351. The van der Waals surface area contributed by atoms with Crippen LogP contribution >= 0.6 is 11.6 Å². The SMILES string of the molecule is COc1ccc(N=Cc2c(C)[nH]n(-c3ccc(C)c(Cl)c3)c2=O)cc1CN1C(=O)c2ccccc2C1=O. The van der Waals surface area contributed by atoms with Gasteiger partial charge in [-0.05, 0) is 61.9 Å². The topological polar surface area (TPSA) is 96.8 Å². The maximum Gasteiger partial charge on any atom is 0.280 e. The third kappa shape index (κ3) is 4.36. The molecule has 1 aromatic heterocycles. The molecule has 1 N–H and O–H groups in total. The lowest BCUT2D eigenvalue weighted by Crippen LogP contribution is -2.29. The highest BCUT2D eigenvalue weighted by Gasteiger charge is 2.35. The zero-order chi connectivity index (χ0) is 26.3. The number of aromatic amines is 1. The van der Waals surface area contributed by atoms with E-state index in [4.69, 9.17) is 16.3 Å². The summed E-state index contributed by atoms with van der Waals surface area (Å²) in [6, 6.07) is 17.3. The number of carbonyl (C=O) groups excluding carboxylic acids is 2. The lowest BCUT2D eigenvalue weighted by Gasteiger charge is -2.16. The zero-order valence-electron chi connectivity index (χ0n) is 20.4. The van der Waals surface area contributed by atoms with E-state index in [9.17, 15) is 14.4 Å². The molecule has 0 bridgehead atoms. The number of rotatable bonds is 6. The van der Waals surface area contributed by atoms with Crippen LogP contribution in [0.3, 0.4) is 0 Å². The summed E-state index contributed by atoms with van der Waals surface area (Å²) in [5, 5.41) is 3.63. The van der Waals surface area contributed by atoms with Crippen LogP contribution in [-0.4, -0.2) is 39.8 Å². The predicted molar refractivity (Wildman–Crippen MR) is 142 cm³/mol. The van der Waals surface area contributed by atoms with Gasteiger partial charge in [0.2, 0.25) is 0 Å². The number of ether oxygens (including phenoxy) is 1. The molecule has 0 fully saturated rings. The second-order valence-corrected chi connectivity index (χ2v) is 9.13. The molecular formula is C28H23ClN4O4. The Labute approximate surface area is 217 Å². The van der Waals surface area contributed by atoms with Crippen LogP contribution in [0.15, 0.2) is 70.5 Å². The van der Waals surface area contributed by atoms with Gasteiger partial charge in [0.05, 0.1) is 41.7 Å². The summed E-state index contributed by atoms with van der Waals surface area (Å²) in [6.07, 6.45) is 1.49. The molecule has 3 aromatic carbocycles. The Balaban J connectivity index is 1.44. The Morgan fingerprint density at radius 3 is 2.32 bits per heavy atom. The van der Waals surface area contributed by atoms with Crippen molar-refractivity contribution < 1.29 is 14.3 Å². The fourth-order valence-corrected chi connectivity index (χ4v) is 4.45. The number of fused-ring (bicyclic) bond motifs is 1. The molecule has 37 heavy (non-hydrogen) atoms. The highest BCUT2D eigenvalue weighted by Crippen LogP contribution is 2.30. The second kappa shape index (κ2) is 9.55. The van der Waals surface area contributed by atoms with E-state index in [1.807, 2.05) is 19.1 Å². The third-order valence-electron chi connectivity index (χ3n) is 6.34. The number of hydrogen-bond donors (Lipinski definition) is 1. The van der Waals surface area contributed by atoms with Gasteiger partial charge >= 0.3 is 0 Å². The standard InChI is InChI=1S/C28H23ClN4O4/c1-16-8-10-20(13-24(16)29)33-28(36)23(17(2)31-33)14-30-19-9-11-25(37-3)18(12-19)15-32-26(34)21-6-4-5-7-22(21)27(32)35/h4-14,31H,15H2,1-3H3. The first kappa shape index (κ1) is 24.3. The molecule has 4 aromatic rings. The summed E-state index contributed by atoms with van der Waals surface area (Å²) in [7, 11) is 1.52. The van der Waals surface area contributed by atoms with Crippen molar-refractivity contribution in [2.75, 3.05) is 7.11 Å². The van der Waals surface area contributed by atoms with E-state index in [0.29, 0.717) is 50.1 Å². The molecule has 8 nitrogen and oxygen atoms in total. The van der Waals surface area contributed by atoms with E-state index >= 15 is 0 Å². The summed E-state index contributed by atoms with van der Waals surface area (Å²) in [4.78, 5) is 44.4. The number of nitrogens with one attached hydrogen (secondary N) is 1. The van der Waals surface area contributed by atoms with Crippen molar-refractivity contribution in [3.05, 3.63) is 110 Å². The van der Waals surface area contributed by atoms with Crippen LogP contribution in [0.2, 0.25) is 5.02 Å². The van der Waals surface area contributed by atoms with Gasteiger partial charge in [0.1, 0.15) is 5.75 Å². The summed E-state index contributed by atoms with van der Waals surface area (Å²) < 4.78 is 6.88. The Morgan fingerprint density at radius 2 is 1.68 bits per heavy atom. The van der Waals surface area contributed by atoms with Crippen molar-refractivity contribution >= 4 is 35.3 Å². The number of aliphatic imine (C=N–C) groups is 1. The summed E-state index contributed by atoms with van der Waals surface area (Å²) in [6.45, 7) is 3.71. The number of benzene rings is 3. The molecule has 0 saturated carbocycles. The first-order valence-electron chi connectivity index (χ1n) is 11.5. The number of carbonyl (C=O) groups is 2. The highest BCUT2D eigenvalue weighted by molar-refractivity contribution is 6.31. The number of nitrogens with zero attached hydrogens (tertiary/aromatic N) is 3. The highest BCUT2D eigenvalue weighted by atomic mass is 35.5. The number of amides is 2. The van der Waals surface area contributed by atoms with Gasteiger partial charge in [-0.3, -0.25) is 29.4 Å². The van der Waals surface area contributed by atoms with Gasteiger partial charge in [-0.1, -0.05) is 29.8 Å². The first-order chi connectivity index (χ1) is 17.8. The van der Waals surface area contributed by atoms with Crippen molar-refractivity contribution in [2.24, 2.45) is 4.99 Å². The third-order valence-corrected chi connectivity index (χ3v) is 6.75. The Kier molecular flexibility index (Phi) is 6.27. The maximum absolute atomic E-state index is 13.1. The Hall–Kier alpha value is -4.43. The normalized spacial score (nSPS) is 13.0. The first-order valence-corrected chi connectivity index (χ1v) is 11.9. The quantitative estimate of drug-likeness (QED) is 0.289. The summed E-state index contributed by atoms with van der Waals surface area (Å²) in [5.41, 5.74) is 4.24. The van der Waals surface area contributed by atoms with Gasteiger partial charge in [0.15, 0.2) is 0 Å². The van der Waals surface area contributed by atoms with Crippen LogP contribution < -0.4 is 10.3 Å². The number of H-pyrrole nitrogens is 1. The van der Waals surface area contributed by atoms with Crippen molar-refractivity contribution in [2.45, 2.75) is 20.4 Å². The summed E-state index contributed by atoms with van der Waals surface area (Å²) >= 11 is 6.24. The number of methoxy groups -OCH3 is 1. The van der Waals surface area contributed by atoms with E-state index in [-0.39, 0.29) is 23.9 Å². The van der Waals surface area contributed by atoms with E-state index in [1.165, 1.54) is 22.9 Å². The number of aryl methyl sites for hydroxylation is 2. The average molecular weight is 515 g/mol. The van der Waals surface area contributed by atoms with E-state index in [0.717, 1.165) is 5.56 Å². The van der Waals surface area contributed by atoms with Gasteiger partial charge < -0.3 is 4.74 Å². The fraction of sp³-hybridized carbons (Fsp3) is 0.143. The van der Waals surface area contributed by atoms with Gasteiger partial charge in [-0.2, -0.15) is 0 Å². The van der Waals surface area contributed by atoms with Gasteiger partial charge in [-0.25, -0.2) is 4.68 Å². The minimum Gasteiger partial charge on any atom is -0.496 e. The minimum absolute atomic E-state index is 0.0308. The van der Waals surface area contributed by atoms with E-state index in [1.54, 1.807) is 55.5 Å². The molecule has 0 radical (unpaired) electrons. The number of aromatic nitrogens is 2. The molecule has 0 unspecified atom stereocenters. The van der Waals surface area contributed by atoms with Crippen LogP contribution in [0.1, 0.15) is 43.1 Å². The molecule has 1 aliphatic rings. The van der Waals surface area contributed by atoms with Crippen molar-refractivity contribution in [3.8, 4) is 11.4 Å². The molecule has 2 heterocycles. The van der Waals surface area contributed by atoms with Crippen LogP contribution in [0, 0.1) is 13.8 Å². The molecule has 0 spiro atoms. The molecule has 1 aliphatic heterocycles. The second-order valence-electron chi connectivity index (χ2n) is 8.72. The Morgan fingerprint density at radius 1 is 0.973 bits per heavy atom. The van der Waals surface area contributed by atoms with Crippen molar-refractivity contribution in [1.29, 1.82) is 0 Å². The molecular weight excluding hydrogens is 492 g/mol. The molecule has 2 amide bonds. The van der Waals surface area contributed by atoms with Crippen LogP contribution in [-0.2, 0) is 6.54 Å². The molecule has 5 rings (SSSR count). The van der Waals surface area contributed by atoms with Gasteiger partial charge in [0, 0.05) is 22.5 Å². The molecule has 186 valence electrons. The molecule has 0 saturated heterocycles. The number of imide groups is 1. The lowest BCUT2D eigenvalue weighted by atomic mass is 10.1. The van der Waals surface area contributed by atoms with Crippen molar-refractivity contribution in [1.82, 2.24) is 14.7 Å². The van der Waals surface area contributed by atoms with Crippen LogP contribution in [0.5, 0.6) is 5.75 Å². The fourth-order valence-electron chi connectivity index (χ4n) is 4.28. The number of halogens is 1. The molecule has 0 aliphatic carbocycles. The lowest BCUT2D eigenvalue weighted by molar-refractivity contribution is 0.0641. The van der Waals surface area contributed by atoms with E-state index in [2.05, 4.69) is 10.1 Å². The molecule has 0 atom stereocenters. The smallest absolute Gasteiger partial charge is 0.280 e. The maximum atomic E-state index is 13.1. The zero-order valence-corrected chi connectivity index (χ0v) is 21.2. The predicted octanol–water partition coefficient (Wildman–Crippen LogP) is 4.99. The van der Waals surface area contributed by atoms with Crippen LogP contribution in [0.4, 0.5) is 5.69 Å². The monoisotopic (exact) mass is 514 g/mol.